The molecule has 1 aliphatic heterocycles. The molecule has 1 fully saturated rings. The van der Waals surface area contributed by atoms with Crippen LogP contribution in [0.1, 0.15) is 23.6 Å². The number of carbonyl (C=O) groups is 1. The fraction of sp³-hybridized carbons (Fsp3) is 0.273. The number of aliphatic imine (C=N–C) groups is 1. The minimum atomic E-state index is -0.0904. The summed E-state index contributed by atoms with van der Waals surface area (Å²) in [6.45, 7) is 6.50. The molecular formula is C22H23ClN2O3S. The van der Waals surface area contributed by atoms with Crippen LogP contribution in [0.25, 0.3) is 6.08 Å². The highest BCUT2D eigenvalue weighted by Crippen LogP contribution is 2.38. The number of likely N-dealkylation sites (N-methyl/N-ethyl adjacent to an activating group) is 1. The minimum absolute atomic E-state index is 0.0904. The summed E-state index contributed by atoms with van der Waals surface area (Å²) in [5.74, 6) is 1.00. The first kappa shape index (κ1) is 21.3. The maximum Gasteiger partial charge on any atom is 0.266 e. The van der Waals surface area contributed by atoms with Crippen molar-refractivity contribution in [1.82, 2.24) is 4.90 Å². The highest BCUT2D eigenvalue weighted by molar-refractivity contribution is 8.18. The molecule has 0 N–H and O–H groups in total. The van der Waals surface area contributed by atoms with E-state index in [0.29, 0.717) is 38.7 Å². The molecule has 2 aromatic carbocycles. The first-order chi connectivity index (χ1) is 13.9. The number of aryl methyl sites for hydroxylation is 2. The van der Waals surface area contributed by atoms with E-state index in [-0.39, 0.29) is 5.91 Å². The van der Waals surface area contributed by atoms with Gasteiger partial charge < -0.3 is 9.47 Å². The van der Waals surface area contributed by atoms with E-state index >= 15 is 0 Å². The molecule has 0 radical (unpaired) electrons. The number of hydrogen-bond donors (Lipinski definition) is 0. The molecule has 152 valence electrons. The first-order valence-electron chi connectivity index (χ1n) is 9.16. The van der Waals surface area contributed by atoms with Crippen LogP contribution < -0.4 is 9.47 Å². The summed E-state index contributed by atoms with van der Waals surface area (Å²) in [6, 6.07) is 9.55. The molecule has 0 aliphatic carbocycles. The van der Waals surface area contributed by atoms with E-state index in [2.05, 4.69) is 0 Å². The van der Waals surface area contributed by atoms with E-state index < -0.39 is 0 Å². The smallest absolute Gasteiger partial charge is 0.266 e. The summed E-state index contributed by atoms with van der Waals surface area (Å²) in [7, 11) is 3.11. The second kappa shape index (κ2) is 8.93. The third-order valence-electron chi connectivity index (χ3n) is 4.57. The summed E-state index contributed by atoms with van der Waals surface area (Å²) in [5, 5.41) is 1.14. The van der Waals surface area contributed by atoms with Crippen molar-refractivity contribution in [2.24, 2.45) is 4.99 Å². The molecule has 1 saturated heterocycles. The van der Waals surface area contributed by atoms with Gasteiger partial charge in [0.25, 0.3) is 5.91 Å². The van der Waals surface area contributed by atoms with Crippen molar-refractivity contribution in [3.05, 3.63) is 56.9 Å². The van der Waals surface area contributed by atoms with Crippen LogP contribution in [0.4, 0.5) is 5.69 Å². The first-order valence-corrected chi connectivity index (χ1v) is 10.4. The van der Waals surface area contributed by atoms with Crippen LogP contribution in [0.3, 0.4) is 0 Å². The van der Waals surface area contributed by atoms with Crippen molar-refractivity contribution in [3.63, 3.8) is 0 Å². The summed E-state index contributed by atoms with van der Waals surface area (Å²) in [5.41, 5.74) is 3.74. The predicted molar refractivity (Wildman–Crippen MR) is 121 cm³/mol. The van der Waals surface area contributed by atoms with Gasteiger partial charge in [-0.15, -0.1) is 0 Å². The topological polar surface area (TPSA) is 51.1 Å². The third-order valence-corrected chi connectivity index (χ3v) is 5.91. The van der Waals surface area contributed by atoms with Gasteiger partial charge in [0.1, 0.15) is 0 Å². The molecule has 1 heterocycles. The molecule has 29 heavy (non-hydrogen) atoms. The predicted octanol–water partition coefficient (Wildman–Crippen LogP) is 5.60. The zero-order valence-electron chi connectivity index (χ0n) is 17.1. The molecule has 0 saturated carbocycles. The zero-order chi connectivity index (χ0) is 21.1. The Morgan fingerprint density at radius 1 is 1.14 bits per heavy atom. The maximum absolute atomic E-state index is 12.9. The molecule has 0 bridgehead atoms. The van der Waals surface area contributed by atoms with Crippen LogP contribution in [0, 0.1) is 13.8 Å². The lowest BCUT2D eigenvalue weighted by molar-refractivity contribution is -0.122. The molecule has 0 spiro atoms. The number of halogens is 1. The highest BCUT2D eigenvalue weighted by Gasteiger charge is 2.32. The van der Waals surface area contributed by atoms with Gasteiger partial charge in [0.2, 0.25) is 0 Å². The fourth-order valence-electron chi connectivity index (χ4n) is 2.93. The van der Waals surface area contributed by atoms with Gasteiger partial charge in [-0.2, -0.15) is 0 Å². The van der Waals surface area contributed by atoms with Gasteiger partial charge in [-0.1, -0.05) is 23.7 Å². The number of rotatable bonds is 5. The standard InChI is InChI=1S/C22H23ClN2O3S/c1-6-25-21(26)20(11-15-10-18(27-4)19(28-5)12-16(15)23)29-22(25)24-17-9-13(2)7-8-14(17)3/h7-12H,6H2,1-5H3/b20-11+,24-22?. The summed E-state index contributed by atoms with van der Waals surface area (Å²) in [6.07, 6.45) is 1.77. The zero-order valence-corrected chi connectivity index (χ0v) is 18.6. The highest BCUT2D eigenvalue weighted by atomic mass is 35.5. The van der Waals surface area contributed by atoms with Crippen LogP contribution in [-0.4, -0.2) is 36.7 Å². The lowest BCUT2D eigenvalue weighted by atomic mass is 10.1. The normalized spacial score (nSPS) is 16.8. The molecular weight excluding hydrogens is 408 g/mol. The molecule has 1 aliphatic rings. The van der Waals surface area contributed by atoms with Crippen molar-refractivity contribution in [2.75, 3.05) is 20.8 Å². The summed E-state index contributed by atoms with van der Waals surface area (Å²) in [4.78, 5) is 19.9. The van der Waals surface area contributed by atoms with Crippen LogP contribution in [0.2, 0.25) is 5.02 Å². The van der Waals surface area contributed by atoms with Gasteiger partial charge in [-0.05, 0) is 67.4 Å². The number of nitrogens with zero attached hydrogens (tertiary/aromatic N) is 2. The quantitative estimate of drug-likeness (QED) is 0.579. The van der Waals surface area contributed by atoms with E-state index in [4.69, 9.17) is 26.1 Å². The van der Waals surface area contributed by atoms with Gasteiger partial charge in [0.15, 0.2) is 16.7 Å². The van der Waals surface area contributed by atoms with E-state index in [1.807, 2.05) is 39.0 Å². The van der Waals surface area contributed by atoms with Crippen LogP contribution >= 0.6 is 23.4 Å². The maximum atomic E-state index is 12.9. The number of amides is 1. The Kier molecular flexibility index (Phi) is 6.55. The van der Waals surface area contributed by atoms with Crippen molar-refractivity contribution >= 4 is 46.2 Å². The van der Waals surface area contributed by atoms with Crippen LogP contribution in [0.15, 0.2) is 40.2 Å². The average Bonchev–Trinajstić information content (AvgIpc) is 3.00. The van der Waals surface area contributed by atoms with Crippen LogP contribution in [-0.2, 0) is 4.79 Å². The second-order valence-electron chi connectivity index (χ2n) is 6.57. The minimum Gasteiger partial charge on any atom is -0.493 e. The van der Waals surface area contributed by atoms with Crippen LogP contribution in [0.5, 0.6) is 11.5 Å². The van der Waals surface area contributed by atoms with Gasteiger partial charge in [-0.3, -0.25) is 9.69 Å². The van der Waals surface area contributed by atoms with Crippen molar-refractivity contribution in [3.8, 4) is 11.5 Å². The Morgan fingerprint density at radius 3 is 2.48 bits per heavy atom. The molecule has 1 amide bonds. The lowest BCUT2D eigenvalue weighted by Gasteiger charge is -2.13. The Balaban J connectivity index is 2.01. The summed E-state index contributed by atoms with van der Waals surface area (Å²) >= 11 is 7.74. The van der Waals surface area contributed by atoms with Crippen molar-refractivity contribution in [2.45, 2.75) is 20.8 Å². The lowest BCUT2D eigenvalue weighted by Crippen LogP contribution is -2.28. The summed E-state index contributed by atoms with van der Waals surface area (Å²) < 4.78 is 10.6. The monoisotopic (exact) mass is 430 g/mol. The molecule has 0 atom stereocenters. The number of hydrogen-bond acceptors (Lipinski definition) is 5. The van der Waals surface area contributed by atoms with E-state index in [1.54, 1.807) is 37.3 Å². The van der Waals surface area contributed by atoms with Gasteiger partial charge in [0.05, 0.1) is 29.8 Å². The molecule has 2 aromatic rings. The number of methoxy groups -OCH3 is 2. The Morgan fingerprint density at radius 2 is 1.83 bits per heavy atom. The molecule has 0 aromatic heterocycles. The largest absolute Gasteiger partial charge is 0.493 e. The number of thioether (sulfide) groups is 1. The Hall–Kier alpha value is -2.44. The van der Waals surface area contributed by atoms with E-state index in [1.165, 1.54) is 11.8 Å². The van der Waals surface area contributed by atoms with Crippen molar-refractivity contribution < 1.29 is 14.3 Å². The molecule has 3 rings (SSSR count). The number of amidine groups is 1. The van der Waals surface area contributed by atoms with Gasteiger partial charge >= 0.3 is 0 Å². The average molecular weight is 431 g/mol. The van der Waals surface area contributed by atoms with Gasteiger partial charge in [-0.25, -0.2) is 4.99 Å². The Labute approximate surface area is 180 Å². The Bertz CT molecular complexity index is 1020. The number of benzene rings is 2. The van der Waals surface area contributed by atoms with E-state index in [0.717, 1.165) is 16.8 Å². The van der Waals surface area contributed by atoms with E-state index in [9.17, 15) is 4.79 Å². The number of ether oxygens (including phenoxy) is 2. The van der Waals surface area contributed by atoms with Gasteiger partial charge in [0, 0.05) is 12.6 Å². The molecule has 7 heteroatoms. The SMILES string of the molecule is CCN1C(=O)/C(=C\c2cc(OC)c(OC)cc2Cl)SC1=Nc1cc(C)ccc1C. The fourth-order valence-corrected chi connectivity index (χ4v) is 4.19. The molecule has 5 nitrogen and oxygen atoms in total. The van der Waals surface area contributed by atoms with Crippen molar-refractivity contribution in [1.29, 1.82) is 0 Å². The third kappa shape index (κ3) is 4.43. The molecule has 0 unspecified atom stereocenters. The number of carbonyl (C=O) groups excluding carboxylic acids is 1. The second-order valence-corrected chi connectivity index (χ2v) is 7.99.